The molecule has 0 saturated heterocycles. The normalized spacial score (nSPS) is 10.1. The smallest absolute Gasteiger partial charge is 0.340 e. The van der Waals surface area contributed by atoms with Crippen LogP contribution >= 0.6 is 0 Å². The highest BCUT2D eigenvalue weighted by molar-refractivity contribution is 6.05. The standard InChI is InChI=1S/C16H17N3O4/c1-3-8-17-16(22)18-14(20)10-23-15(21)12-9-19(2)13-7-5-4-6-11(12)13/h3-7,9H,1,8,10H2,2H3,(H2,17,18,20,22). The summed E-state index contributed by atoms with van der Waals surface area (Å²) in [4.78, 5) is 34.9. The Balaban J connectivity index is 1.95. The Hall–Kier alpha value is -3.09. The van der Waals surface area contributed by atoms with E-state index in [9.17, 15) is 14.4 Å². The second-order valence-corrected chi connectivity index (χ2v) is 4.79. The van der Waals surface area contributed by atoms with Crippen LogP contribution in [0.15, 0.2) is 43.1 Å². The molecule has 0 unspecified atom stereocenters. The Labute approximate surface area is 132 Å². The molecule has 0 radical (unpaired) electrons. The van der Waals surface area contributed by atoms with Gasteiger partial charge in [-0.05, 0) is 6.07 Å². The number of ether oxygens (including phenoxy) is 1. The highest BCUT2D eigenvalue weighted by Crippen LogP contribution is 2.20. The molecular formula is C16H17N3O4. The first-order valence-corrected chi connectivity index (χ1v) is 6.92. The number of para-hydroxylation sites is 1. The van der Waals surface area contributed by atoms with Crippen LogP contribution in [0.25, 0.3) is 10.9 Å². The summed E-state index contributed by atoms with van der Waals surface area (Å²) in [7, 11) is 1.82. The first kappa shape index (κ1) is 16.3. The van der Waals surface area contributed by atoms with Gasteiger partial charge in [-0.25, -0.2) is 9.59 Å². The number of urea groups is 1. The molecule has 0 bridgehead atoms. The second-order valence-electron chi connectivity index (χ2n) is 4.79. The molecule has 2 N–H and O–H groups in total. The van der Waals surface area contributed by atoms with E-state index in [2.05, 4.69) is 11.9 Å². The molecular weight excluding hydrogens is 298 g/mol. The molecule has 7 heteroatoms. The molecule has 23 heavy (non-hydrogen) atoms. The summed E-state index contributed by atoms with van der Waals surface area (Å²) in [6, 6.07) is 6.69. The van der Waals surface area contributed by atoms with Crippen molar-refractivity contribution in [2.75, 3.05) is 13.2 Å². The molecule has 0 atom stereocenters. The van der Waals surface area contributed by atoms with Gasteiger partial charge in [-0.3, -0.25) is 10.1 Å². The van der Waals surface area contributed by atoms with Crippen molar-refractivity contribution in [2.24, 2.45) is 7.05 Å². The molecule has 0 aliphatic heterocycles. The molecule has 1 heterocycles. The third-order valence-electron chi connectivity index (χ3n) is 3.11. The molecule has 1 aromatic carbocycles. The number of hydrogen-bond acceptors (Lipinski definition) is 4. The molecule has 0 aliphatic rings. The van der Waals surface area contributed by atoms with Gasteiger partial charge in [-0.2, -0.15) is 0 Å². The number of imide groups is 1. The van der Waals surface area contributed by atoms with Gasteiger partial charge in [0.05, 0.1) is 5.56 Å². The summed E-state index contributed by atoms with van der Waals surface area (Å²) >= 11 is 0. The van der Waals surface area contributed by atoms with Gasteiger partial charge in [0.25, 0.3) is 5.91 Å². The summed E-state index contributed by atoms with van der Waals surface area (Å²) in [5.41, 5.74) is 1.25. The number of nitrogens with one attached hydrogen (secondary N) is 2. The first-order valence-electron chi connectivity index (χ1n) is 6.92. The number of hydrogen-bond donors (Lipinski definition) is 2. The molecule has 7 nitrogen and oxygen atoms in total. The van der Waals surface area contributed by atoms with E-state index in [1.807, 2.05) is 30.6 Å². The van der Waals surface area contributed by atoms with Crippen LogP contribution in [-0.2, 0) is 16.6 Å². The summed E-state index contributed by atoms with van der Waals surface area (Å²) < 4.78 is 6.75. The largest absolute Gasteiger partial charge is 0.452 e. The second kappa shape index (κ2) is 7.26. The van der Waals surface area contributed by atoms with E-state index in [-0.39, 0.29) is 6.54 Å². The predicted molar refractivity (Wildman–Crippen MR) is 84.9 cm³/mol. The van der Waals surface area contributed by atoms with Gasteiger partial charge in [-0.15, -0.1) is 6.58 Å². The van der Waals surface area contributed by atoms with Crippen LogP contribution < -0.4 is 10.6 Å². The predicted octanol–water partition coefficient (Wildman–Crippen LogP) is 1.35. The lowest BCUT2D eigenvalue weighted by Crippen LogP contribution is -2.41. The van der Waals surface area contributed by atoms with Gasteiger partial charge in [0.2, 0.25) is 0 Å². The zero-order valence-electron chi connectivity index (χ0n) is 12.7. The first-order chi connectivity index (χ1) is 11.0. The maximum Gasteiger partial charge on any atom is 0.340 e. The zero-order chi connectivity index (χ0) is 16.8. The van der Waals surface area contributed by atoms with Crippen molar-refractivity contribution in [3.63, 3.8) is 0 Å². The van der Waals surface area contributed by atoms with Crippen LogP contribution in [0.2, 0.25) is 0 Å². The van der Waals surface area contributed by atoms with Crippen molar-refractivity contribution in [1.82, 2.24) is 15.2 Å². The number of carbonyl (C=O) groups excluding carboxylic acids is 3. The molecule has 3 amide bonds. The molecule has 120 valence electrons. The lowest BCUT2D eigenvalue weighted by molar-refractivity contribution is -0.123. The SMILES string of the molecule is C=CCNC(=O)NC(=O)COC(=O)c1cn(C)c2ccccc12. The summed E-state index contributed by atoms with van der Waals surface area (Å²) in [6.45, 7) is 3.13. The molecule has 2 aromatic rings. The Kier molecular flexibility index (Phi) is 5.14. The van der Waals surface area contributed by atoms with E-state index < -0.39 is 24.5 Å². The van der Waals surface area contributed by atoms with Crippen molar-refractivity contribution in [3.05, 3.63) is 48.7 Å². The van der Waals surface area contributed by atoms with Crippen molar-refractivity contribution in [1.29, 1.82) is 0 Å². The van der Waals surface area contributed by atoms with Crippen LogP contribution in [0.5, 0.6) is 0 Å². The number of benzene rings is 1. The third kappa shape index (κ3) is 3.97. The topological polar surface area (TPSA) is 89.4 Å². The summed E-state index contributed by atoms with van der Waals surface area (Å²) in [5, 5.41) is 5.16. The van der Waals surface area contributed by atoms with E-state index in [0.29, 0.717) is 5.56 Å². The fourth-order valence-electron chi connectivity index (χ4n) is 2.08. The number of fused-ring (bicyclic) bond motifs is 1. The van der Waals surface area contributed by atoms with Gasteiger partial charge < -0.3 is 14.6 Å². The molecule has 0 saturated carbocycles. The van der Waals surface area contributed by atoms with Crippen LogP contribution in [0, 0.1) is 0 Å². The quantitative estimate of drug-likeness (QED) is 0.644. The van der Waals surface area contributed by atoms with Crippen LogP contribution in [0.1, 0.15) is 10.4 Å². The van der Waals surface area contributed by atoms with E-state index in [0.717, 1.165) is 10.9 Å². The highest BCUT2D eigenvalue weighted by atomic mass is 16.5. The van der Waals surface area contributed by atoms with E-state index >= 15 is 0 Å². The molecule has 0 aliphatic carbocycles. The Morgan fingerprint density at radius 2 is 2.04 bits per heavy atom. The molecule has 0 fully saturated rings. The Morgan fingerprint density at radius 1 is 1.30 bits per heavy atom. The van der Waals surface area contributed by atoms with Gasteiger partial charge in [0, 0.05) is 30.7 Å². The van der Waals surface area contributed by atoms with Gasteiger partial charge in [0.1, 0.15) is 0 Å². The fraction of sp³-hybridized carbons (Fsp3) is 0.188. The van der Waals surface area contributed by atoms with Gasteiger partial charge in [0.15, 0.2) is 6.61 Å². The summed E-state index contributed by atoms with van der Waals surface area (Å²) in [6.07, 6.45) is 3.12. The summed E-state index contributed by atoms with van der Waals surface area (Å²) in [5.74, 6) is -1.33. The van der Waals surface area contributed by atoms with Crippen LogP contribution in [0.3, 0.4) is 0 Å². The lowest BCUT2D eigenvalue weighted by atomic mass is 10.2. The van der Waals surface area contributed by atoms with Crippen molar-refractivity contribution >= 4 is 28.8 Å². The maximum absolute atomic E-state index is 12.1. The van der Waals surface area contributed by atoms with Gasteiger partial charge in [-0.1, -0.05) is 24.3 Å². The Morgan fingerprint density at radius 3 is 2.78 bits per heavy atom. The zero-order valence-corrected chi connectivity index (χ0v) is 12.7. The number of aryl methyl sites for hydroxylation is 1. The van der Waals surface area contributed by atoms with Gasteiger partial charge >= 0.3 is 12.0 Å². The monoisotopic (exact) mass is 315 g/mol. The van der Waals surface area contributed by atoms with Crippen molar-refractivity contribution in [3.8, 4) is 0 Å². The van der Waals surface area contributed by atoms with E-state index in [1.165, 1.54) is 6.08 Å². The fourth-order valence-corrected chi connectivity index (χ4v) is 2.08. The number of esters is 1. The van der Waals surface area contributed by atoms with Crippen molar-refractivity contribution in [2.45, 2.75) is 0 Å². The van der Waals surface area contributed by atoms with Crippen molar-refractivity contribution < 1.29 is 19.1 Å². The lowest BCUT2D eigenvalue weighted by Gasteiger charge is -2.05. The van der Waals surface area contributed by atoms with Crippen LogP contribution in [-0.4, -0.2) is 35.6 Å². The maximum atomic E-state index is 12.1. The number of amides is 3. The molecule has 0 spiro atoms. The number of rotatable bonds is 5. The average Bonchev–Trinajstić information content (AvgIpc) is 2.88. The minimum atomic E-state index is -0.708. The minimum absolute atomic E-state index is 0.231. The minimum Gasteiger partial charge on any atom is -0.452 e. The number of carbonyl (C=O) groups is 3. The average molecular weight is 315 g/mol. The Bertz CT molecular complexity index is 764. The number of nitrogens with zero attached hydrogens (tertiary/aromatic N) is 1. The van der Waals surface area contributed by atoms with E-state index in [4.69, 9.17) is 4.74 Å². The molecule has 1 aromatic heterocycles. The van der Waals surface area contributed by atoms with E-state index in [1.54, 1.807) is 16.8 Å². The molecule has 2 rings (SSSR count). The van der Waals surface area contributed by atoms with Crippen LogP contribution in [0.4, 0.5) is 4.79 Å². The number of aromatic nitrogens is 1. The third-order valence-corrected chi connectivity index (χ3v) is 3.11. The highest BCUT2D eigenvalue weighted by Gasteiger charge is 2.16.